The first-order valence-electron chi connectivity index (χ1n) is 6.56. The largest absolute Gasteiger partial charge is 0.438 e. The predicted molar refractivity (Wildman–Crippen MR) is 78.3 cm³/mol. The number of aromatic nitrogens is 2. The van der Waals surface area contributed by atoms with E-state index in [1.54, 1.807) is 19.1 Å². The quantitative estimate of drug-likeness (QED) is 0.669. The number of ether oxygens (including phenoxy) is 1. The van der Waals surface area contributed by atoms with Crippen molar-refractivity contribution in [1.82, 2.24) is 9.97 Å². The molecule has 0 bridgehead atoms. The molecule has 0 atom stereocenters. The van der Waals surface area contributed by atoms with Crippen molar-refractivity contribution in [3.63, 3.8) is 0 Å². The Morgan fingerprint density at radius 3 is 2.81 bits per heavy atom. The van der Waals surface area contributed by atoms with Gasteiger partial charge in [-0.2, -0.15) is 4.98 Å². The number of non-ortho nitro benzene ring substituents is 1. The highest BCUT2D eigenvalue weighted by Crippen LogP contribution is 2.28. The van der Waals surface area contributed by atoms with E-state index < -0.39 is 4.92 Å². The molecule has 0 aliphatic rings. The van der Waals surface area contributed by atoms with Gasteiger partial charge in [0.05, 0.1) is 16.6 Å². The molecule has 0 spiro atoms. The molecular formula is C14H16N4O3. The fraction of sp³-hybridized carbons (Fsp3) is 0.286. The number of nitro benzene ring substituents is 1. The molecule has 7 nitrogen and oxygen atoms in total. The minimum Gasteiger partial charge on any atom is -0.438 e. The summed E-state index contributed by atoms with van der Waals surface area (Å²) < 4.78 is 5.63. The SMILES string of the molecule is CCCc1nc(N)c(C)c(Oc2cccc([N+](=O)[O-])c2)n1. The van der Waals surface area contributed by atoms with E-state index in [-0.39, 0.29) is 5.69 Å². The maximum absolute atomic E-state index is 10.8. The van der Waals surface area contributed by atoms with E-state index in [0.29, 0.717) is 35.3 Å². The van der Waals surface area contributed by atoms with Crippen molar-refractivity contribution in [2.75, 3.05) is 5.73 Å². The van der Waals surface area contributed by atoms with Gasteiger partial charge in [0, 0.05) is 12.5 Å². The zero-order valence-electron chi connectivity index (χ0n) is 11.9. The Morgan fingerprint density at radius 1 is 1.38 bits per heavy atom. The van der Waals surface area contributed by atoms with Crippen LogP contribution in [0.4, 0.5) is 11.5 Å². The third kappa shape index (κ3) is 3.44. The molecule has 0 unspecified atom stereocenters. The number of nitrogen functional groups attached to an aromatic ring is 1. The van der Waals surface area contributed by atoms with Crippen LogP contribution in [0.5, 0.6) is 11.6 Å². The number of hydrogen-bond acceptors (Lipinski definition) is 6. The van der Waals surface area contributed by atoms with Crippen LogP contribution in [0.3, 0.4) is 0 Å². The summed E-state index contributed by atoms with van der Waals surface area (Å²) in [5.41, 5.74) is 6.42. The fourth-order valence-corrected chi connectivity index (χ4v) is 1.77. The summed E-state index contributed by atoms with van der Waals surface area (Å²) in [5, 5.41) is 10.8. The topological polar surface area (TPSA) is 104 Å². The van der Waals surface area contributed by atoms with Gasteiger partial charge in [-0.1, -0.05) is 13.0 Å². The second-order valence-electron chi connectivity index (χ2n) is 4.56. The first-order chi connectivity index (χ1) is 10.0. The molecule has 0 fully saturated rings. The monoisotopic (exact) mass is 288 g/mol. The Bertz CT molecular complexity index is 673. The Kier molecular flexibility index (Phi) is 4.32. The number of rotatable bonds is 5. The van der Waals surface area contributed by atoms with E-state index in [2.05, 4.69) is 9.97 Å². The number of nitrogens with zero attached hydrogens (tertiary/aromatic N) is 3. The van der Waals surface area contributed by atoms with Crippen LogP contribution in [0.15, 0.2) is 24.3 Å². The highest BCUT2D eigenvalue weighted by atomic mass is 16.6. The molecule has 110 valence electrons. The molecule has 1 heterocycles. The highest BCUT2D eigenvalue weighted by molar-refractivity contribution is 5.47. The minimum absolute atomic E-state index is 0.0408. The van der Waals surface area contributed by atoms with Gasteiger partial charge in [-0.15, -0.1) is 0 Å². The van der Waals surface area contributed by atoms with Crippen LogP contribution in [0.25, 0.3) is 0 Å². The van der Waals surface area contributed by atoms with Crippen LogP contribution < -0.4 is 10.5 Å². The molecule has 0 amide bonds. The third-order valence-electron chi connectivity index (χ3n) is 2.90. The van der Waals surface area contributed by atoms with E-state index in [0.717, 1.165) is 6.42 Å². The Morgan fingerprint density at radius 2 is 2.14 bits per heavy atom. The molecule has 1 aromatic heterocycles. The number of nitro groups is 1. The Labute approximate surface area is 121 Å². The summed E-state index contributed by atoms with van der Waals surface area (Å²) in [4.78, 5) is 18.8. The lowest BCUT2D eigenvalue weighted by Crippen LogP contribution is -2.05. The summed E-state index contributed by atoms with van der Waals surface area (Å²) in [6.45, 7) is 3.76. The summed E-state index contributed by atoms with van der Waals surface area (Å²) in [7, 11) is 0. The average molecular weight is 288 g/mol. The van der Waals surface area contributed by atoms with Crippen LogP contribution in [0, 0.1) is 17.0 Å². The lowest BCUT2D eigenvalue weighted by atomic mass is 10.2. The molecule has 2 aromatic rings. The van der Waals surface area contributed by atoms with Gasteiger partial charge < -0.3 is 10.5 Å². The fourth-order valence-electron chi connectivity index (χ4n) is 1.77. The second-order valence-corrected chi connectivity index (χ2v) is 4.56. The average Bonchev–Trinajstić information content (AvgIpc) is 2.45. The normalized spacial score (nSPS) is 10.4. The van der Waals surface area contributed by atoms with Crippen LogP contribution in [0.2, 0.25) is 0 Å². The molecule has 0 saturated carbocycles. The molecule has 0 aliphatic carbocycles. The maximum atomic E-state index is 10.8. The zero-order chi connectivity index (χ0) is 15.4. The highest BCUT2D eigenvalue weighted by Gasteiger charge is 2.12. The van der Waals surface area contributed by atoms with Crippen LogP contribution >= 0.6 is 0 Å². The van der Waals surface area contributed by atoms with Crippen molar-refractivity contribution in [1.29, 1.82) is 0 Å². The first-order valence-corrected chi connectivity index (χ1v) is 6.56. The van der Waals surface area contributed by atoms with Crippen LogP contribution in [-0.2, 0) is 6.42 Å². The molecule has 21 heavy (non-hydrogen) atoms. The molecule has 0 saturated heterocycles. The van der Waals surface area contributed by atoms with E-state index in [9.17, 15) is 10.1 Å². The summed E-state index contributed by atoms with van der Waals surface area (Å²) >= 11 is 0. The lowest BCUT2D eigenvalue weighted by molar-refractivity contribution is -0.384. The van der Waals surface area contributed by atoms with E-state index >= 15 is 0 Å². The number of nitrogens with two attached hydrogens (primary N) is 1. The predicted octanol–water partition coefficient (Wildman–Crippen LogP) is 3.02. The van der Waals surface area contributed by atoms with Crippen LogP contribution in [0.1, 0.15) is 24.7 Å². The molecule has 7 heteroatoms. The second kappa shape index (κ2) is 6.17. The molecule has 2 rings (SSSR count). The minimum atomic E-state index is -0.476. The van der Waals surface area contributed by atoms with Crippen molar-refractivity contribution in [2.45, 2.75) is 26.7 Å². The lowest BCUT2D eigenvalue weighted by Gasteiger charge is -2.10. The maximum Gasteiger partial charge on any atom is 0.273 e. The van der Waals surface area contributed by atoms with Crippen molar-refractivity contribution in [3.8, 4) is 11.6 Å². The zero-order valence-corrected chi connectivity index (χ0v) is 11.9. The standard InChI is InChI=1S/C14H16N4O3/c1-3-5-12-16-13(15)9(2)14(17-12)21-11-7-4-6-10(8-11)18(19)20/h4,6-8H,3,5H2,1-2H3,(H2,15,16,17). The van der Waals surface area contributed by atoms with Crippen molar-refractivity contribution in [2.24, 2.45) is 0 Å². The van der Waals surface area contributed by atoms with Crippen LogP contribution in [-0.4, -0.2) is 14.9 Å². The third-order valence-corrected chi connectivity index (χ3v) is 2.90. The smallest absolute Gasteiger partial charge is 0.273 e. The number of aryl methyl sites for hydroxylation is 1. The van der Waals surface area contributed by atoms with Crippen molar-refractivity contribution < 1.29 is 9.66 Å². The van der Waals surface area contributed by atoms with Gasteiger partial charge in [-0.25, -0.2) is 4.98 Å². The van der Waals surface area contributed by atoms with E-state index in [1.807, 2.05) is 6.92 Å². The van der Waals surface area contributed by atoms with E-state index in [4.69, 9.17) is 10.5 Å². The number of benzene rings is 1. The van der Waals surface area contributed by atoms with E-state index in [1.165, 1.54) is 12.1 Å². The summed E-state index contributed by atoms with van der Waals surface area (Å²) in [6, 6.07) is 5.93. The molecule has 1 aromatic carbocycles. The van der Waals surface area contributed by atoms with Gasteiger partial charge in [0.1, 0.15) is 17.4 Å². The Hall–Kier alpha value is -2.70. The first kappa shape index (κ1) is 14.7. The van der Waals surface area contributed by atoms with Gasteiger partial charge in [-0.3, -0.25) is 10.1 Å². The molecule has 0 aliphatic heterocycles. The summed E-state index contributed by atoms with van der Waals surface area (Å²) in [6.07, 6.45) is 1.58. The van der Waals surface area contributed by atoms with Crippen molar-refractivity contribution >= 4 is 11.5 Å². The molecule has 0 radical (unpaired) electrons. The van der Waals surface area contributed by atoms with Gasteiger partial charge in [0.25, 0.3) is 5.69 Å². The van der Waals surface area contributed by atoms with Gasteiger partial charge in [0.15, 0.2) is 0 Å². The summed E-state index contributed by atoms with van der Waals surface area (Å²) in [5.74, 6) is 1.62. The Balaban J connectivity index is 2.34. The van der Waals surface area contributed by atoms with Gasteiger partial charge in [0.2, 0.25) is 5.88 Å². The van der Waals surface area contributed by atoms with Gasteiger partial charge in [-0.05, 0) is 19.4 Å². The molecular weight excluding hydrogens is 272 g/mol. The number of anilines is 1. The van der Waals surface area contributed by atoms with Gasteiger partial charge >= 0.3 is 0 Å². The van der Waals surface area contributed by atoms with Crippen molar-refractivity contribution in [3.05, 3.63) is 45.8 Å². The molecule has 2 N–H and O–H groups in total. The number of hydrogen-bond donors (Lipinski definition) is 1.